The second-order valence-corrected chi connectivity index (χ2v) is 13.0. The van der Waals surface area contributed by atoms with Gasteiger partial charge in [-0.3, -0.25) is 4.79 Å². The van der Waals surface area contributed by atoms with Gasteiger partial charge in [0, 0.05) is 12.9 Å². The van der Waals surface area contributed by atoms with E-state index in [9.17, 15) is 9.59 Å². The number of rotatable bonds is 8. The maximum absolute atomic E-state index is 13.5. The highest BCUT2D eigenvalue weighted by Gasteiger charge is 2.51. The summed E-state index contributed by atoms with van der Waals surface area (Å²) in [5.41, 5.74) is 3.94. The lowest BCUT2D eigenvalue weighted by Crippen LogP contribution is -2.37. The zero-order valence-electron chi connectivity index (χ0n) is 19.0. The third-order valence-corrected chi connectivity index (χ3v) is 11.7. The molecule has 0 spiro atoms. The van der Waals surface area contributed by atoms with Crippen molar-refractivity contribution in [3.05, 3.63) is 65.2 Å². The highest BCUT2D eigenvalue weighted by Crippen LogP contribution is 2.67. The fraction of sp³-hybridized carbons (Fsp3) is 0.462. The molecule has 4 nitrogen and oxygen atoms in total. The van der Waals surface area contributed by atoms with Crippen molar-refractivity contribution in [1.29, 1.82) is 0 Å². The van der Waals surface area contributed by atoms with Crippen LogP contribution in [0.1, 0.15) is 49.3 Å². The average Bonchev–Trinajstić information content (AvgIpc) is 2.77. The van der Waals surface area contributed by atoms with Crippen LogP contribution in [0.25, 0.3) is 0 Å². The number of para-hydroxylation sites is 1. The van der Waals surface area contributed by atoms with Gasteiger partial charge in [-0.1, -0.05) is 55.5 Å². The van der Waals surface area contributed by atoms with Gasteiger partial charge in [0.05, 0.1) is 12.3 Å². The van der Waals surface area contributed by atoms with E-state index in [-0.39, 0.29) is 17.5 Å². The molecular formula is C26H35NO3P+. The molecule has 0 bridgehead atoms. The highest BCUT2D eigenvalue weighted by atomic mass is 31.2. The summed E-state index contributed by atoms with van der Waals surface area (Å²) in [6.07, 6.45) is 6.59. The lowest BCUT2D eigenvalue weighted by atomic mass is 10.1. The Balaban J connectivity index is 1.75. The molecule has 1 fully saturated rings. The van der Waals surface area contributed by atoms with Crippen molar-refractivity contribution < 1.29 is 14.3 Å². The number of amides is 1. The smallest absolute Gasteiger partial charge is 0.344 e. The monoisotopic (exact) mass is 440 g/mol. The molecule has 1 N–H and O–H groups in total. The average molecular weight is 441 g/mol. The van der Waals surface area contributed by atoms with Crippen molar-refractivity contribution >= 4 is 24.8 Å². The normalized spacial score (nSPS) is 16.4. The Kier molecular flexibility index (Phi) is 8.26. The zero-order valence-corrected chi connectivity index (χ0v) is 19.9. The second-order valence-electron chi connectivity index (χ2n) is 8.71. The molecule has 3 rings (SSSR count). The molecule has 0 aliphatic carbocycles. The largest absolute Gasteiger partial charge is 0.458 e. The van der Waals surface area contributed by atoms with Crippen LogP contribution in [0, 0.1) is 13.8 Å². The molecule has 1 atom stereocenters. The molecule has 1 amide bonds. The molecule has 5 heteroatoms. The third kappa shape index (κ3) is 5.95. The number of hydrogen-bond acceptors (Lipinski definition) is 3. The number of hydrogen-bond donors (Lipinski definition) is 1. The molecular weight excluding hydrogens is 405 g/mol. The Morgan fingerprint density at radius 3 is 2.23 bits per heavy atom. The SMILES string of the molecule is CCC(C(=O)Nc1c(C)cccc1C)[P+]1(CC(=O)OCc2ccccc2)CCCCC1. The molecule has 1 aliphatic heterocycles. The van der Waals surface area contributed by atoms with Crippen molar-refractivity contribution in [3.63, 3.8) is 0 Å². The first-order valence-corrected chi connectivity index (χ1v) is 13.8. The first-order chi connectivity index (χ1) is 14.9. The highest BCUT2D eigenvalue weighted by molar-refractivity contribution is 7.78. The second kappa shape index (κ2) is 10.9. The molecule has 1 saturated heterocycles. The first-order valence-electron chi connectivity index (χ1n) is 11.4. The minimum atomic E-state index is -1.79. The Morgan fingerprint density at radius 1 is 0.968 bits per heavy atom. The van der Waals surface area contributed by atoms with Crippen LogP contribution in [0.4, 0.5) is 5.69 Å². The molecule has 0 aromatic heterocycles. The summed E-state index contributed by atoms with van der Waals surface area (Å²) in [5, 5.41) is 3.22. The molecule has 166 valence electrons. The lowest BCUT2D eigenvalue weighted by molar-refractivity contribution is -0.141. The van der Waals surface area contributed by atoms with E-state index in [0.29, 0.717) is 12.8 Å². The van der Waals surface area contributed by atoms with Crippen LogP contribution in [-0.4, -0.2) is 36.0 Å². The summed E-state index contributed by atoms with van der Waals surface area (Å²) in [5.74, 6) is -0.0802. The lowest BCUT2D eigenvalue weighted by Gasteiger charge is -2.35. The van der Waals surface area contributed by atoms with Crippen molar-refractivity contribution in [2.75, 3.05) is 23.8 Å². The van der Waals surface area contributed by atoms with E-state index in [0.717, 1.165) is 54.0 Å². The number of nitrogens with one attached hydrogen (secondary N) is 1. The molecule has 2 aromatic carbocycles. The van der Waals surface area contributed by atoms with Crippen LogP contribution >= 0.6 is 7.26 Å². The quantitative estimate of drug-likeness (QED) is 0.407. The minimum Gasteiger partial charge on any atom is -0.458 e. The number of esters is 1. The Labute approximate surface area is 187 Å². The van der Waals surface area contributed by atoms with Crippen LogP contribution in [-0.2, 0) is 20.9 Å². The number of ether oxygens (including phenoxy) is 1. The van der Waals surface area contributed by atoms with E-state index >= 15 is 0 Å². The summed E-state index contributed by atoms with van der Waals surface area (Å²) in [6.45, 7) is 6.43. The van der Waals surface area contributed by atoms with Crippen LogP contribution < -0.4 is 5.32 Å². The molecule has 0 radical (unpaired) electrons. The van der Waals surface area contributed by atoms with Crippen molar-refractivity contribution in [3.8, 4) is 0 Å². The van der Waals surface area contributed by atoms with Crippen LogP contribution in [0.5, 0.6) is 0 Å². The number of benzene rings is 2. The first kappa shape index (κ1) is 23.5. The van der Waals surface area contributed by atoms with Gasteiger partial charge >= 0.3 is 5.97 Å². The van der Waals surface area contributed by atoms with E-state index in [1.807, 2.05) is 62.4 Å². The van der Waals surface area contributed by atoms with Gasteiger partial charge < -0.3 is 10.1 Å². The van der Waals surface area contributed by atoms with Gasteiger partial charge in [-0.25, -0.2) is 4.79 Å². The molecule has 1 unspecified atom stereocenters. The van der Waals surface area contributed by atoms with Gasteiger partial charge in [0.25, 0.3) is 5.91 Å². The van der Waals surface area contributed by atoms with Gasteiger partial charge in [0.1, 0.15) is 12.3 Å². The molecule has 1 aliphatic rings. The fourth-order valence-electron chi connectivity index (χ4n) is 4.80. The van der Waals surface area contributed by atoms with Gasteiger partial charge in [0.2, 0.25) is 0 Å². The fourth-order valence-corrected chi connectivity index (χ4v) is 9.83. The minimum absolute atomic E-state index is 0.0750. The van der Waals surface area contributed by atoms with Crippen molar-refractivity contribution in [2.45, 2.75) is 58.7 Å². The molecule has 0 saturated carbocycles. The van der Waals surface area contributed by atoms with Gasteiger partial charge in [-0.15, -0.1) is 0 Å². The van der Waals surface area contributed by atoms with Gasteiger partial charge in [-0.05, 0) is 56.2 Å². The van der Waals surface area contributed by atoms with Gasteiger partial charge in [-0.2, -0.15) is 0 Å². The third-order valence-electron chi connectivity index (χ3n) is 6.47. The number of anilines is 1. The maximum Gasteiger partial charge on any atom is 0.344 e. The summed E-state index contributed by atoms with van der Waals surface area (Å²) < 4.78 is 5.64. The standard InChI is InChI=1S/C26H34NO3P/c1-4-23(26(29)27-25-20(2)12-11-13-21(25)3)31(16-9-6-10-17-31)19-24(28)30-18-22-14-7-5-8-15-22/h5,7-8,11-15,23H,4,6,9-10,16-19H2,1-3H3/p+1. The number of carbonyl (C=O) groups is 2. The van der Waals surface area contributed by atoms with E-state index in [4.69, 9.17) is 4.74 Å². The summed E-state index contributed by atoms with van der Waals surface area (Å²) in [6, 6.07) is 15.8. The maximum atomic E-state index is 13.5. The summed E-state index contributed by atoms with van der Waals surface area (Å²) in [4.78, 5) is 26.4. The number of aryl methyl sites for hydroxylation is 2. The Bertz CT molecular complexity index is 871. The predicted molar refractivity (Wildman–Crippen MR) is 130 cm³/mol. The summed E-state index contributed by atoms with van der Waals surface area (Å²) >= 11 is 0. The van der Waals surface area contributed by atoms with Crippen molar-refractivity contribution in [2.24, 2.45) is 0 Å². The van der Waals surface area contributed by atoms with Crippen molar-refractivity contribution in [1.82, 2.24) is 0 Å². The van der Waals surface area contributed by atoms with E-state index in [1.165, 1.54) is 6.42 Å². The predicted octanol–water partition coefficient (Wildman–Crippen LogP) is 5.97. The Morgan fingerprint density at radius 2 is 1.61 bits per heavy atom. The van der Waals surface area contributed by atoms with E-state index < -0.39 is 7.26 Å². The van der Waals surface area contributed by atoms with E-state index in [2.05, 4.69) is 12.2 Å². The van der Waals surface area contributed by atoms with Crippen LogP contribution in [0.3, 0.4) is 0 Å². The topological polar surface area (TPSA) is 55.4 Å². The zero-order chi connectivity index (χ0) is 22.3. The molecule has 31 heavy (non-hydrogen) atoms. The molecule has 2 aromatic rings. The van der Waals surface area contributed by atoms with Gasteiger partial charge in [0.15, 0.2) is 6.16 Å². The summed E-state index contributed by atoms with van der Waals surface area (Å²) in [7, 11) is -1.79. The van der Waals surface area contributed by atoms with E-state index in [1.54, 1.807) is 0 Å². The van der Waals surface area contributed by atoms with Crippen LogP contribution in [0.15, 0.2) is 48.5 Å². The van der Waals surface area contributed by atoms with Crippen LogP contribution in [0.2, 0.25) is 0 Å². The number of carbonyl (C=O) groups excluding carboxylic acids is 2. The Hall–Kier alpha value is -2.19. The molecule has 1 heterocycles.